The van der Waals surface area contributed by atoms with Crippen LogP contribution in [0.4, 0.5) is 0 Å². The highest BCUT2D eigenvalue weighted by molar-refractivity contribution is 9.11. The number of hydrogen-bond donors (Lipinski definition) is 3. The van der Waals surface area contributed by atoms with Crippen molar-refractivity contribution in [2.24, 2.45) is 0 Å². The first-order valence-electron chi connectivity index (χ1n) is 20.1. The van der Waals surface area contributed by atoms with E-state index < -0.39 is 54.8 Å². The summed E-state index contributed by atoms with van der Waals surface area (Å²) in [7, 11) is -7.47. The van der Waals surface area contributed by atoms with E-state index in [2.05, 4.69) is 47.8 Å². The van der Waals surface area contributed by atoms with Crippen molar-refractivity contribution >= 4 is 110 Å². The number of esters is 1. The normalized spacial score (nSPS) is 14.8. The molecule has 11 nitrogen and oxygen atoms in total. The van der Waals surface area contributed by atoms with E-state index in [9.17, 15) is 36.9 Å². The maximum Gasteiger partial charge on any atom is 0.494 e. The third-order valence-electron chi connectivity index (χ3n) is 10.1. The van der Waals surface area contributed by atoms with Crippen molar-refractivity contribution in [3.8, 4) is 0 Å². The fourth-order valence-electron chi connectivity index (χ4n) is 6.00. The Hall–Kier alpha value is -1.75. The summed E-state index contributed by atoms with van der Waals surface area (Å²) in [6.07, 6.45) is 6.21. The molecular weight excluding hydrogens is 1110 g/mol. The minimum atomic E-state index is -3.50. The van der Waals surface area contributed by atoms with Crippen LogP contribution in [0.25, 0.3) is 0 Å². The zero-order valence-corrected chi connectivity index (χ0v) is 47.6. The van der Waals surface area contributed by atoms with Gasteiger partial charge in [0.1, 0.15) is 0 Å². The van der Waals surface area contributed by atoms with Crippen molar-refractivity contribution in [1.82, 2.24) is 0 Å². The molecule has 0 unspecified atom stereocenters. The zero-order chi connectivity index (χ0) is 50.3. The van der Waals surface area contributed by atoms with Gasteiger partial charge in [-0.15, -0.1) is 23.5 Å². The molecule has 4 aromatic carbocycles. The van der Waals surface area contributed by atoms with Gasteiger partial charge in [-0.2, -0.15) is 0 Å². The Morgan fingerprint density at radius 3 is 1.40 bits per heavy atom. The summed E-state index contributed by atoms with van der Waals surface area (Å²) in [6.45, 7) is 19.8. The number of rotatable bonds is 10. The minimum Gasteiger partial charge on any atom is -0.462 e. The van der Waals surface area contributed by atoms with Crippen molar-refractivity contribution < 1.29 is 51.0 Å². The van der Waals surface area contributed by atoms with E-state index in [1.54, 1.807) is 90.6 Å². The van der Waals surface area contributed by atoms with Crippen LogP contribution in [-0.4, -0.2) is 88.1 Å². The lowest BCUT2D eigenvalue weighted by Gasteiger charge is -2.32. The van der Waals surface area contributed by atoms with Crippen LogP contribution in [0.1, 0.15) is 103 Å². The molecular formula is C46H62BBr3O11S4. The summed E-state index contributed by atoms with van der Waals surface area (Å²) in [4.78, 5) is 13.8. The Labute approximate surface area is 421 Å². The van der Waals surface area contributed by atoms with Crippen molar-refractivity contribution in [1.29, 1.82) is 0 Å². The highest BCUT2D eigenvalue weighted by Crippen LogP contribution is 2.37. The number of benzene rings is 4. The molecule has 1 aliphatic heterocycles. The molecule has 1 heterocycles. The van der Waals surface area contributed by atoms with Gasteiger partial charge < -0.3 is 29.4 Å². The largest absolute Gasteiger partial charge is 0.494 e. The molecule has 4 aromatic rings. The van der Waals surface area contributed by atoms with Gasteiger partial charge in [0.05, 0.1) is 50.0 Å². The Kier molecular flexibility index (Phi) is 21.2. The second-order valence-corrected chi connectivity index (χ2v) is 26.0. The first-order valence-corrected chi connectivity index (χ1v) is 28.7. The van der Waals surface area contributed by atoms with Crippen LogP contribution < -0.4 is 5.46 Å². The number of carbonyl (C=O) groups excluding carboxylic acids is 1. The fraction of sp³-hybridized carbons (Fsp3) is 0.457. The second-order valence-electron chi connectivity index (χ2n) is 17.6. The molecule has 0 bridgehead atoms. The predicted octanol–water partition coefficient (Wildman–Crippen LogP) is 10.4. The van der Waals surface area contributed by atoms with Crippen LogP contribution in [0.5, 0.6) is 0 Å². The molecule has 360 valence electrons. The van der Waals surface area contributed by atoms with Crippen LogP contribution >= 0.6 is 71.3 Å². The molecule has 19 heteroatoms. The van der Waals surface area contributed by atoms with Crippen LogP contribution in [0, 0.1) is 0 Å². The molecule has 1 saturated heterocycles. The van der Waals surface area contributed by atoms with Gasteiger partial charge in [-0.25, -0.2) is 21.6 Å². The number of ether oxygens (including phenoxy) is 1. The number of thioether (sulfide) groups is 2. The van der Waals surface area contributed by atoms with Gasteiger partial charge >= 0.3 is 13.1 Å². The highest BCUT2D eigenvalue weighted by Gasteiger charge is 2.52. The van der Waals surface area contributed by atoms with Gasteiger partial charge in [-0.3, -0.25) is 0 Å². The first kappa shape index (κ1) is 59.4. The number of hydrogen-bond acceptors (Lipinski definition) is 13. The molecule has 0 aromatic heterocycles. The van der Waals surface area contributed by atoms with E-state index >= 15 is 0 Å². The molecule has 1 aliphatic rings. The minimum absolute atomic E-state index is 0.0946. The summed E-state index contributed by atoms with van der Waals surface area (Å²) in [5.41, 5.74) is -1.20. The lowest BCUT2D eigenvalue weighted by atomic mass is 9.78. The van der Waals surface area contributed by atoms with E-state index in [1.165, 1.54) is 23.9 Å². The zero-order valence-electron chi connectivity index (χ0n) is 39.6. The van der Waals surface area contributed by atoms with Crippen LogP contribution in [0.15, 0.2) is 106 Å². The summed E-state index contributed by atoms with van der Waals surface area (Å²) in [5.74, 6) is -0.260. The van der Waals surface area contributed by atoms with Gasteiger partial charge in [0.15, 0.2) is 19.7 Å². The van der Waals surface area contributed by atoms with Crippen molar-refractivity contribution in [2.75, 3.05) is 31.6 Å². The van der Waals surface area contributed by atoms with E-state index in [-0.39, 0.29) is 15.8 Å². The smallest absolute Gasteiger partial charge is 0.462 e. The molecule has 5 rings (SSSR count). The van der Waals surface area contributed by atoms with E-state index in [0.29, 0.717) is 33.2 Å². The summed E-state index contributed by atoms with van der Waals surface area (Å²) >= 11 is 13.2. The van der Waals surface area contributed by atoms with E-state index in [1.807, 2.05) is 70.5 Å². The van der Waals surface area contributed by atoms with Gasteiger partial charge in [0, 0.05) is 46.8 Å². The lowest BCUT2D eigenvalue weighted by Crippen LogP contribution is -2.41. The Morgan fingerprint density at radius 1 is 0.631 bits per heavy atom. The Bertz CT molecular complexity index is 2500. The number of sulfone groups is 2. The second kappa shape index (κ2) is 23.2. The average molecular weight is 1170 g/mol. The lowest BCUT2D eigenvalue weighted by molar-refractivity contribution is 0.00578. The van der Waals surface area contributed by atoms with Gasteiger partial charge in [0.25, 0.3) is 0 Å². The Balaban J connectivity index is 0.000000307. The number of carbonyl (C=O) groups is 1. The van der Waals surface area contributed by atoms with Gasteiger partial charge in [-0.1, -0.05) is 72.1 Å². The molecule has 0 aliphatic carbocycles. The maximum atomic E-state index is 12.1. The third kappa shape index (κ3) is 17.3. The summed E-state index contributed by atoms with van der Waals surface area (Å²) in [5, 5.41) is 29.9. The summed E-state index contributed by atoms with van der Waals surface area (Å²) < 4.78 is 66.9. The fourth-order valence-corrected chi connectivity index (χ4v) is 11.1. The number of halogens is 3. The molecule has 3 N–H and O–H groups in total. The average Bonchev–Trinajstić information content (AvgIpc) is 3.38. The SMILES string of the molecule is CC(C)(O)c1ccc(B2OC(C)(C)C(C)(C)O2)cc1S(C)(=O)=O.CC(C)(O)c1ccc(Br)cc1S(C)(=O)=O.CCOC(=O)c1ccc(Br)cc1SC.CSc1cc(Br)ccc1C(C)(C)O. The van der Waals surface area contributed by atoms with Gasteiger partial charge in [0.2, 0.25) is 0 Å². The number of aliphatic hydroxyl groups is 3. The van der Waals surface area contributed by atoms with Crippen LogP contribution in [0.3, 0.4) is 0 Å². The topological polar surface area (TPSA) is 174 Å². The Morgan fingerprint density at radius 2 is 1.00 bits per heavy atom. The van der Waals surface area contributed by atoms with E-state index in [0.717, 1.165) is 36.8 Å². The molecule has 65 heavy (non-hydrogen) atoms. The van der Waals surface area contributed by atoms with Crippen LogP contribution in [-0.2, 0) is 50.5 Å². The van der Waals surface area contributed by atoms with Crippen molar-refractivity contribution in [3.05, 3.63) is 108 Å². The van der Waals surface area contributed by atoms with E-state index in [4.69, 9.17) is 14.0 Å². The van der Waals surface area contributed by atoms with Crippen LogP contribution in [0.2, 0.25) is 0 Å². The van der Waals surface area contributed by atoms with Crippen molar-refractivity contribution in [3.63, 3.8) is 0 Å². The quantitative estimate of drug-likeness (QED) is 0.0779. The predicted molar refractivity (Wildman–Crippen MR) is 276 cm³/mol. The molecule has 1 fully saturated rings. The van der Waals surface area contributed by atoms with Gasteiger partial charge in [-0.05, 0) is 148 Å². The third-order valence-corrected chi connectivity index (χ3v) is 15.4. The highest BCUT2D eigenvalue weighted by atomic mass is 79.9. The maximum absolute atomic E-state index is 12.1. The first-order chi connectivity index (χ1) is 29.4. The molecule has 0 amide bonds. The molecule has 0 atom stereocenters. The molecule has 0 saturated carbocycles. The van der Waals surface area contributed by atoms with Crippen molar-refractivity contribution in [2.45, 2.75) is 124 Å². The monoisotopic (exact) mass is 1170 g/mol. The molecule has 0 spiro atoms. The standard InChI is InChI=1S/C16H25BO5S.C10H13BrO3S.C10H11BrO2S.C10H13BrOS/c1-14(2,18)12-9-8-11(10-13(12)23(7,19)20)17-21-15(3,4)16(5,6)22-17;1-10(2,12)8-5-4-7(11)6-9(8)15(3,13)14;1-3-13-10(12)8-5-4-7(11)6-9(8)14-2;1-10(2,12)8-5-4-7(11)6-9(8)13-3/h8-10,18H,1-7H3;4-6,12H,1-3H3;4-6H,3H2,1-2H3;4-6,12H,1-3H3. The molecule has 0 radical (unpaired) electrons. The summed E-state index contributed by atoms with van der Waals surface area (Å²) in [6, 6.07) is 21.2.